The van der Waals surface area contributed by atoms with E-state index < -0.39 is 9.84 Å². The Morgan fingerprint density at radius 2 is 1.67 bits per heavy atom. The van der Waals surface area contributed by atoms with Crippen molar-refractivity contribution in [3.63, 3.8) is 0 Å². The minimum absolute atomic E-state index is 0.0891. The van der Waals surface area contributed by atoms with E-state index in [0.717, 1.165) is 6.42 Å². The second-order valence-electron chi connectivity index (χ2n) is 4.88. The molecule has 0 bridgehead atoms. The quantitative estimate of drug-likeness (QED) is 0.734. The zero-order valence-electron chi connectivity index (χ0n) is 10.2. The van der Waals surface area contributed by atoms with Crippen LogP contribution >= 0.6 is 0 Å². The normalized spacial score (nSPS) is 14.9. The van der Waals surface area contributed by atoms with Crippen molar-refractivity contribution in [3.8, 4) is 0 Å². The average molecular weight is 236 g/mol. The number of aliphatic hydroxyl groups excluding tert-OH is 1. The Morgan fingerprint density at radius 3 is 2.00 bits per heavy atom. The van der Waals surface area contributed by atoms with Crippen molar-refractivity contribution in [3.05, 3.63) is 0 Å². The Labute approximate surface area is 93.8 Å². The third-order valence-electron chi connectivity index (χ3n) is 2.59. The van der Waals surface area contributed by atoms with Gasteiger partial charge in [-0.15, -0.1) is 0 Å². The third kappa shape index (κ3) is 6.15. The fourth-order valence-electron chi connectivity index (χ4n) is 1.52. The molecule has 1 N–H and O–H groups in total. The summed E-state index contributed by atoms with van der Waals surface area (Å²) in [5, 5.41) is 8.81. The molecular weight excluding hydrogens is 212 g/mol. The third-order valence-corrected chi connectivity index (χ3v) is 4.83. The lowest BCUT2D eigenvalue weighted by Crippen LogP contribution is -2.21. The van der Waals surface area contributed by atoms with Gasteiger partial charge in [0.25, 0.3) is 0 Å². The van der Waals surface area contributed by atoms with E-state index in [9.17, 15) is 8.42 Å². The maximum absolute atomic E-state index is 11.6. The SMILES string of the molecule is CC(C)CC(CO)CCS(=O)(=O)C(C)C. The molecule has 0 fully saturated rings. The second-order valence-corrected chi connectivity index (χ2v) is 7.56. The van der Waals surface area contributed by atoms with E-state index in [2.05, 4.69) is 13.8 Å². The van der Waals surface area contributed by atoms with Crippen LogP contribution < -0.4 is 0 Å². The number of hydrogen-bond donors (Lipinski definition) is 1. The highest BCUT2D eigenvalue weighted by molar-refractivity contribution is 7.91. The Morgan fingerprint density at radius 1 is 1.13 bits per heavy atom. The minimum Gasteiger partial charge on any atom is -0.396 e. The van der Waals surface area contributed by atoms with E-state index >= 15 is 0 Å². The predicted molar refractivity (Wildman–Crippen MR) is 63.6 cm³/mol. The predicted octanol–water partition coefficient (Wildman–Crippen LogP) is 1.85. The number of rotatable bonds is 7. The Kier molecular flexibility index (Phi) is 6.44. The fourth-order valence-corrected chi connectivity index (χ4v) is 2.65. The summed E-state index contributed by atoms with van der Waals surface area (Å²) in [4.78, 5) is 0. The van der Waals surface area contributed by atoms with Crippen molar-refractivity contribution in [2.24, 2.45) is 11.8 Å². The van der Waals surface area contributed by atoms with E-state index in [1.54, 1.807) is 13.8 Å². The molecular formula is C11H24O3S. The summed E-state index contributed by atoms with van der Waals surface area (Å²) in [7, 11) is -2.95. The van der Waals surface area contributed by atoms with Crippen molar-refractivity contribution in [2.45, 2.75) is 45.8 Å². The molecule has 92 valence electrons. The van der Waals surface area contributed by atoms with E-state index in [-0.39, 0.29) is 23.5 Å². The van der Waals surface area contributed by atoms with Gasteiger partial charge in [-0.2, -0.15) is 0 Å². The highest BCUT2D eigenvalue weighted by Gasteiger charge is 2.19. The molecule has 0 aliphatic rings. The van der Waals surface area contributed by atoms with Crippen molar-refractivity contribution < 1.29 is 13.5 Å². The largest absolute Gasteiger partial charge is 0.396 e. The van der Waals surface area contributed by atoms with Crippen LogP contribution in [0.4, 0.5) is 0 Å². The second kappa shape index (κ2) is 6.48. The first-order chi connectivity index (χ1) is 6.79. The summed E-state index contributed by atoms with van der Waals surface area (Å²) in [5.41, 5.74) is 0. The lowest BCUT2D eigenvalue weighted by atomic mass is 9.96. The van der Waals surface area contributed by atoms with Crippen LogP contribution in [0.5, 0.6) is 0 Å². The smallest absolute Gasteiger partial charge is 0.152 e. The van der Waals surface area contributed by atoms with Gasteiger partial charge in [0.2, 0.25) is 0 Å². The molecule has 0 rings (SSSR count). The van der Waals surface area contributed by atoms with Crippen LogP contribution in [0.1, 0.15) is 40.5 Å². The molecule has 1 unspecified atom stereocenters. The Hall–Kier alpha value is -0.0900. The molecule has 3 nitrogen and oxygen atoms in total. The van der Waals surface area contributed by atoms with Crippen LogP contribution in [0, 0.1) is 11.8 Å². The maximum Gasteiger partial charge on any atom is 0.152 e. The van der Waals surface area contributed by atoms with E-state index in [4.69, 9.17) is 5.11 Å². The first-order valence-electron chi connectivity index (χ1n) is 5.62. The van der Waals surface area contributed by atoms with Gasteiger partial charge in [0.15, 0.2) is 9.84 Å². The molecule has 0 saturated heterocycles. The molecule has 0 aromatic carbocycles. The summed E-state index contributed by atoms with van der Waals surface area (Å²) < 4.78 is 23.1. The molecule has 0 aromatic heterocycles. The lowest BCUT2D eigenvalue weighted by molar-refractivity contribution is 0.202. The topological polar surface area (TPSA) is 54.4 Å². The van der Waals surface area contributed by atoms with Crippen LogP contribution in [-0.4, -0.2) is 31.1 Å². The molecule has 0 saturated carbocycles. The molecule has 0 amide bonds. The standard InChI is InChI=1S/C11H24O3S/c1-9(2)7-11(8-12)5-6-15(13,14)10(3)4/h9-12H,5-8H2,1-4H3. The zero-order chi connectivity index (χ0) is 12.1. The van der Waals surface area contributed by atoms with Gasteiger partial charge in [-0.3, -0.25) is 0 Å². The van der Waals surface area contributed by atoms with Gasteiger partial charge in [-0.1, -0.05) is 13.8 Å². The zero-order valence-corrected chi connectivity index (χ0v) is 11.0. The number of hydrogen-bond acceptors (Lipinski definition) is 3. The summed E-state index contributed by atoms with van der Waals surface area (Å²) in [6.45, 7) is 7.66. The van der Waals surface area contributed by atoms with Gasteiger partial charge < -0.3 is 5.11 Å². The molecule has 15 heavy (non-hydrogen) atoms. The van der Waals surface area contributed by atoms with Gasteiger partial charge >= 0.3 is 0 Å². The molecule has 0 radical (unpaired) electrons. The van der Waals surface area contributed by atoms with Crippen molar-refractivity contribution in [1.82, 2.24) is 0 Å². The van der Waals surface area contributed by atoms with Gasteiger partial charge in [-0.05, 0) is 38.5 Å². The average Bonchev–Trinajstić information content (AvgIpc) is 2.11. The summed E-state index contributed by atoms with van der Waals surface area (Å²) in [5.74, 6) is 0.824. The van der Waals surface area contributed by atoms with Crippen LogP contribution in [0.25, 0.3) is 0 Å². The number of aliphatic hydroxyl groups is 1. The van der Waals surface area contributed by atoms with Crippen LogP contribution in [0.15, 0.2) is 0 Å². The van der Waals surface area contributed by atoms with Crippen LogP contribution in [0.2, 0.25) is 0 Å². The fraction of sp³-hybridized carbons (Fsp3) is 1.00. The Balaban J connectivity index is 4.12. The molecule has 0 aliphatic heterocycles. The molecule has 0 spiro atoms. The number of sulfone groups is 1. The molecule has 0 aliphatic carbocycles. The molecule has 4 heteroatoms. The minimum atomic E-state index is -2.95. The summed E-state index contributed by atoms with van der Waals surface area (Å²) in [6.07, 6.45) is 1.47. The first-order valence-corrected chi connectivity index (χ1v) is 7.33. The van der Waals surface area contributed by atoms with E-state index in [1.165, 1.54) is 0 Å². The van der Waals surface area contributed by atoms with Crippen molar-refractivity contribution >= 4 is 9.84 Å². The van der Waals surface area contributed by atoms with Gasteiger partial charge in [0.1, 0.15) is 0 Å². The first kappa shape index (κ1) is 14.9. The van der Waals surface area contributed by atoms with Crippen molar-refractivity contribution in [1.29, 1.82) is 0 Å². The monoisotopic (exact) mass is 236 g/mol. The van der Waals surface area contributed by atoms with Crippen LogP contribution in [0.3, 0.4) is 0 Å². The maximum atomic E-state index is 11.6. The van der Waals surface area contributed by atoms with E-state index in [0.29, 0.717) is 12.3 Å². The summed E-state index contributed by atoms with van der Waals surface area (Å²) in [6, 6.07) is 0. The van der Waals surface area contributed by atoms with E-state index in [1.807, 2.05) is 0 Å². The highest BCUT2D eigenvalue weighted by Crippen LogP contribution is 2.16. The highest BCUT2D eigenvalue weighted by atomic mass is 32.2. The van der Waals surface area contributed by atoms with Gasteiger partial charge in [0.05, 0.1) is 11.0 Å². The summed E-state index contributed by atoms with van der Waals surface area (Å²) >= 11 is 0. The van der Waals surface area contributed by atoms with Crippen molar-refractivity contribution in [2.75, 3.05) is 12.4 Å². The lowest BCUT2D eigenvalue weighted by Gasteiger charge is -2.17. The van der Waals surface area contributed by atoms with Gasteiger partial charge in [0, 0.05) is 6.61 Å². The molecule has 0 heterocycles. The molecule has 1 atom stereocenters. The Bertz CT molecular complexity index is 255. The van der Waals surface area contributed by atoms with Crippen LogP contribution in [-0.2, 0) is 9.84 Å². The van der Waals surface area contributed by atoms with Gasteiger partial charge in [-0.25, -0.2) is 8.42 Å². The molecule has 0 aromatic rings.